The van der Waals surface area contributed by atoms with Gasteiger partial charge < -0.3 is 9.80 Å². The molecule has 0 saturated heterocycles. The number of hydrogen-bond donors (Lipinski definition) is 0. The lowest BCUT2D eigenvalue weighted by molar-refractivity contribution is -0.133. The zero-order valence-corrected chi connectivity index (χ0v) is 24.7. The molecule has 1 saturated carbocycles. The zero-order valence-electron chi connectivity index (χ0n) is 24.7. The van der Waals surface area contributed by atoms with Crippen LogP contribution in [0.5, 0.6) is 0 Å². The van der Waals surface area contributed by atoms with E-state index in [1.165, 1.54) is 6.42 Å². The molecule has 4 nitrogen and oxygen atoms in total. The van der Waals surface area contributed by atoms with Crippen LogP contribution in [0.1, 0.15) is 101 Å². The van der Waals surface area contributed by atoms with E-state index in [2.05, 4.69) is 72.2 Å². The van der Waals surface area contributed by atoms with Gasteiger partial charge in [-0.1, -0.05) is 76.6 Å². The van der Waals surface area contributed by atoms with Gasteiger partial charge in [0.2, 0.25) is 0 Å². The number of rotatable bonds is 14. The summed E-state index contributed by atoms with van der Waals surface area (Å²) < 4.78 is 0. The molecule has 1 fully saturated rings. The molecule has 2 aromatic carbocycles. The first kappa shape index (κ1) is 29.9. The summed E-state index contributed by atoms with van der Waals surface area (Å²) >= 11 is 0. The summed E-state index contributed by atoms with van der Waals surface area (Å²) in [4.78, 5) is 32.2. The normalized spacial score (nSPS) is 21.4. The van der Waals surface area contributed by atoms with Gasteiger partial charge in [-0.05, 0) is 48.2 Å². The van der Waals surface area contributed by atoms with Gasteiger partial charge in [0.25, 0.3) is 0 Å². The Hall–Kier alpha value is -2.62. The summed E-state index contributed by atoms with van der Waals surface area (Å²) in [6.45, 7) is 4.41. The van der Waals surface area contributed by atoms with Crippen LogP contribution < -0.4 is 9.80 Å². The predicted molar refractivity (Wildman–Crippen MR) is 162 cm³/mol. The van der Waals surface area contributed by atoms with Gasteiger partial charge in [-0.3, -0.25) is 9.59 Å². The van der Waals surface area contributed by atoms with Gasteiger partial charge in [0.15, 0.2) is 0 Å². The molecular weight excluding hydrogens is 468 g/mol. The summed E-state index contributed by atoms with van der Waals surface area (Å²) in [6, 6.07) is 17.2. The van der Waals surface area contributed by atoms with Gasteiger partial charge in [-0.2, -0.15) is 0 Å². The monoisotopic (exact) mass is 518 g/mol. The van der Waals surface area contributed by atoms with E-state index in [0.717, 1.165) is 67.4 Å². The molecule has 0 amide bonds. The van der Waals surface area contributed by atoms with Gasteiger partial charge in [-0.25, -0.2) is 0 Å². The van der Waals surface area contributed by atoms with Crippen LogP contribution in [0.2, 0.25) is 0 Å². The highest BCUT2D eigenvalue weighted by Crippen LogP contribution is 2.50. The topological polar surface area (TPSA) is 40.6 Å². The number of carbonyl (C=O) groups is 2. The van der Waals surface area contributed by atoms with Crippen molar-refractivity contribution >= 4 is 22.9 Å². The van der Waals surface area contributed by atoms with E-state index in [0.29, 0.717) is 24.4 Å². The van der Waals surface area contributed by atoms with Crippen molar-refractivity contribution in [1.82, 2.24) is 0 Å². The van der Waals surface area contributed by atoms with Crippen molar-refractivity contribution in [3.05, 3.63) is 59.7 Å². The average molecular weight is 519 g/mol. The molecule has 0 spiro atoms. The Morgan fingerprint density at radius 3 is 1.79 bits per heavy atom. The van der Waals surface area contributed by atoms with Crippen molar-refractivity contribution in [3.8, 4) is 0 Å². The Bertz CT molecular complexity index is 1010. The Morgan fingerprint density at radius 1 is 0.737 bits per heavy atom. The van der Waals surface area contributed by atoms with Crippen molar-refractivity contribution in [3.63, 3.8) is 0 Å². The van der Waals surface area contributed by atoms with E-state index in [9.17, 15) is 9.59 Å². The van der Waals surface area contributed by atoms with Crippen LogP contribution in [0.4, 0.5) is 11.4 Å². The first-order valence-corrected chi connectivity index (χ1v) is 14.9. The number of ketones is 2. The van der Waals surface area contributed by atoms with Crippen LogP contribution in [-0.2, 0) is 9.59 Å². The smallest absolute Gasteiger partial charge is 0.137 e. The standard InChI is InChI=1S/C34H50N2O2/c1-7-9-11-13-15-31(37)34-30(25-16-20-27(21-17-25)35(3)4)24-32(38)29(14-12-10-8-2)33(34)26-18-22-28(23-19-26)36(5)6/h16-23,29-30,33-34H,7-15,24H2,1-6H3/t29-,30-,33-,34+/m0/s1. The SMILES string of the molecule is CCCCCCC(=O)[C@@H]1[C@@H](c2ccc(N(C)C)cc2)[C@@H](CCCCC)C(=O)C[C@H]1c1ccc(N(C)C)cc1. The van der Waals surface area contributed by atoms with E-state index >= 15 is 0 Å². The second-order valence-corrected chi connectivity index (χ2v) is 11.7. The Morgan fingerprint density at radius 2 is 1.26 bits per heavy atom. The Balaban J connectivity index is 2.06. The molecule has 1 aliphatic rings. The number of nitrogens with zero attached hydrogens (tertiary/aromatic N) is 2. The molecule has 0 aliphatic heterocycles. The van der Waals surface area contributed by atoms with Crippen LogP contribution >= 0.6 is 0 Å². The minimum absolute atomic E-state index is 0.0680. The first-order chi connectivity index (χ1) is 18.3. The highest BCUT2D eigenvalue weighted by Gasteiger charge is 2.47. The maximum Gasteiger partial charge on any atom is 0.137 e. The number of Topliss-reactive ketones (excluding diaryl/α,β-unsaturated/α-hetero) is 2. The quantitative estimate of drug-likeness (QED) is 0.238. The van der Waals surface area contributed by atoms with Gasteiger partial charge in [0.1, 0.15) is 11.6 Å². The van der Waals surface area contributed by atoms with Crippen molar-refractivity contribution in [2.24, 2.45) is 11.8 Å². The van der Waals surface area contributed by atoms with Crippen molar-refractivity contribution in [1.29, 1.82) is 0 Å². The third-order valence-electron chi connectivity index (χ3n) is 8.49. The number of hydrogen-bond acceptors (Lipinski definition) is 4. The second-order valence-electron chi connectivity index (χ2n) is 11.7. The lowest BCUT2D eigenvalue weighted by Crippen LogP contribution is -2.42. The van der Waals surface area contributed by atoms with Crippen LogP contribution in [0.15, 0.2) is 48.5 Å². The van der Waals surface area contributed by atoms with E-state index < -0.39 is 0 Å². The van der Waals surface area contributed by atoms with E-state index in [1.807, 2.05) is 28.2 Å². The van der Waals surface area contributed by atoms with Crippen LogP contribution in [0.3, 0.4) is 0 Å². The Labute approximate surface area is 231 Å². The second kappa shape index (κ2) is 14.5. The van der Waals surface area contributed by atoms with Crippen molar-refractivity contribution in [2.45, 2.75) is 89.9 Å². The molecule has 38 heavy (non-hydrogen) atoms. The maximum atomic E-state index is 14.1. The van der Waals surface area contributed by atoms with Crippen LogP contribution in [0.25, 0.3) is 0 Å². The lowest BCUT2D eigenvalue weighted by Gasteiger charge is -2.42. The number of carbonyl (C=O) groups excluding carboxylic acids is 2. The van der Waals surface area contributed by atoms with Crippen molar-refractivity contribution < 1.29 is 9.59 Å². The highest BCUT2D eigenvalue weighted by atomic mass is 16.1. The molecule has 0 aromatic heterocycles. The van der Waals surface area contributed by atoms with Crippen molar-refractivity contribution in [2.75, 3.05) is 38.0 Å². The molecule has 4 heteroatoms. The zero-order chi connectivity index (χ0) is 27.7. The molecular formula is C34H50N2O2. The minimum Gasteiger partial charge on any atom is -0.378 e. The molecule has 2 aromatic rings. The molecule has 0 N–H and O–H groups in total. The number of unbranched alkanes of at least 4 members (excludes halogenated alkanes) is 5. The highest BCUT2D eigenvalue weighted by molar-refractivity contribution is 5.91. The minimum atomic E-state index is -0.170. The molecule has 0 radical (unpaired) electrons. The van der Waals surface area contributed by atoms with Crippen LogP contribution in [0, 0.1) is 11.8 Å². The predicted octanol–water partition coefficient (Wildman–Crippen LogP) is 8.01. The van der Waals surface area contributed by atoms with E-state index in [4.69, 9.17) is 0 Å². The van der Waals surface area contributed by atoms with Gasteiger partial charge in [-0.15, -0.1) is 0 Å². The fourth-order valence-corrected chi connectivity index (χ4v) is 6.25. The molecule has 208 valence electrons. The molecule has 0 heterocycles. The third-order valence-corrected chi connectivity index (χ3v) is 8.49. The van der Waals surface area contributed by atoms with Gasteiger partial charge in [0.05, 0.1) is 0 Å². The number of benzene rings is 2. The molecule has 0 unspecified atom stereocenters. The van der Waals surface area contributed by atoms with E-state index in [-0.39, 0.29) is 23.7 Å². The molecule has 3 rings (SSSR count). The third kappa shape index (κ3) is 7.48. The van der Waals surface area contributed by atoms with Gasteiger partial charge >= 0.3 is 0 Å². The summed E-state index contributed by atoms with van der Waals surface area (Å²) in [5, 5.41) is 0. The summed E-state index contributed by atoms with van der Waals surface area (Å²) in [5.41, 5.74) is 4.54. The lowest BCUT2D eigenvalue weighted by atomic mass is 9.59. The van der Waals surface area contributed by atoms with Gasteiger partial charge in [0, 0.05) is 76.1 Å². The fourth-order valence-electron chi connectivity index (χ4n) is 6.25. The van der Waals surface area contributed by atoms with E-state index in [1.54, 1.807) is 0 Å². The maximum absolute atomic E-state index is 14.1. The molecule has 4 atom stereocenters. The summed E-state index contributed by atoms with van der Waals surface area (Å²) in [6.07, 6.45) is 9.61. The number of anilines is 2. The largest absolute Gasteiger partial charge is 0.378 e. The average Bonchev–Trinajstić information content (AvgIpc) is 2.91. The summed E-state index contributed by atoms with van der Waals surface area (Å²) in [5.74, 6) is 0.279. The molecule has 0 bridgehead atoms. The first-order valence-electron chi connectivity index (χ1n) is 14.9. The molecule has 1 aliphatic carbocycles. The Kier molecular flexibility index (Phi) is 11.4. The van der Waals surface area contributed by atoms with Crippen LogP contribution in [-0.4, -0.2) is 39.8 Å². The summed E-state index contributed by atoms with van der Waals surface area (Å²) in [7, 11) is 8.16. The fraction of sp³-hybridized carbons (Fsp3) is 0.588.